The zero-order valence-electron chi connectivity index (χ0n) is 13.9. The monoisotopic (exact) mass is 355 g/mol. The summed E-state index contributed by atoms with van der Waals surface area (Å²) in [4.78, 5) is 35.2. The first-order chi connectivity index (χ1) is 12.5. The Labute approximate surface area is 149 Å². The summed E-state index contributed by atoms with van der Waals surface area (Å²) < 4.78 is 0. The van der Waals surface area contributed by atoms with Gasteiger partial charge in [-0.2, -0.15) is 0 Å². The van der Waals surface area contributed by atoms with E-state index in [0.717, 1.165) is 6.07 Å². The van der Waals surface area contributed by atoms with E-state index in [-0.39, 0.29) is 23.1 Å². The fourth-order valence-electron chi connectivity index (χ4n) is 3.26. The molecule has 0 aromatic heterocycles. The van der Waals surface area contributed by atoms with Gasteiger partial charge in [-0.15, -0.1) is 0 Å². The summed E-state index contributed by atoms with van der Waals surface area (Å²) in [7, 11) is 0. The van der Waals surface area contributed by atoms with Crippen LogP contribution in [0.15, 0.2) is 48.5 Å². The van der Waals surface area contributed by atoms with Crippen molar-refractivity contribution in [1.29, 1.82) is 0 Å². The van der Waals surface area contributed by atoms with E-state index >= 15 is 0 Å². The molecule has 0 atom stereocenters. The van der Waals surface area contributed by atoms with Crippen LogP contribution in [0.2, 0.25) is 0 Å². The van der Waals surface area contributed by atoms with Crippen molar-refractivity contribution in [3.8, 4) is 0 Å². The Morgan fingerprint density at radius 2 is 1.62 bits per heavy atom. The van der Waals surface area contributed by atoms with Crippen molar-refractivity contribution >= 4 is 22.8 Å². The number of piperidine rings is 1. The molecule has 2 aromatic rings. The summed E-state index contributed by atoms with van der Waals surface area (Å²) in [5.41, 5.74) is 0.431. The third-order valence-electron chi connectivity index (χ3n) is 4.63. The van der Waals surface area contributed by atoms with Crippen LogP contribution in [-0.4, -0.2) is 28.7 Å². The van der Waals surface area contributed by atoms with Gasteiger partial charge in [0.15, 0.2) is 5.78 Å². The van der Waals surface area contributed by atoms with E-state index in [1.165, 1.54) is 12.1 Å². The van der Waals surface area contributed by atoms with Crippen LogP contribution in [0.5, 0.6) is 0 Å². The maximum atomic E-state index is 12.5. The van der Waals surface area contributed by atoms with E-state index in [9.17, 15) is 25.0 Å². The number of non-ortho nitro benzene ring substituents is 1. The molecule has 1 aliphatic rings. The van der Waals surface area contributed by atoms with Gasteiger partial charge < -0.3 is 4.90 Å². The lowest BCUT2D eigenvalue weighted by Crippen LogP contribution is -2.36. The molecule has 1 saturated heterocycles. The molecule has 0 spiro atoms. The summed E-state index contributed by atoms with van der Waals surface area (Å²) >= 11 is 0. The fourth-order valence-corrected chi connectivity index (χ4v) is 3.26. The molecule has 1 fully saturated rings. The minimum Gasteiger partial charge on any atom is -0.366 e. The number of ketones is 1. The van der Waals surface area contributed by atoms with Crippen molar-refractivity contribution in [3.05, 3.63) is 74.3 Å². The Balaban J connectivity index is 1.75. The highest BCUT2D eigenvalue weighted by atomic mass is 16.6. The van der Waals surface area contributed by atoms with Gasteiger partial charge in [0.25, 0.3) is 11.4 Å². The lowest BCUT2D eigenvalue weighted by Gasteiger charge is -2.32. The van der Waals surface area contributed by atoms with Gasteiger partial charge in [0.1, 0.15) is 5.69 Å². The van der Waals surface area contributed by atoms with E-state index < -0.39 is 9.85 Å². The summed E-state index contributed by atoms with van der Waals surface area (Å²) in [6.07, 6.45) is 1.17. The summed E-state index contributed by atoms with van der Waals surface area (Å²) in [5.74, 6) is -0.0331. The number of carbonyl (C=O) groups is 1. The second-order valence-corrected chi connectivity index (χ2v) is 6.18. The number of anilines is 1. The Morgan fingerprint density at radius 3 is 2.19 bits per heavy atom. The molecule has 0 N–H and O–H groups in total. The highest BCUT2D eigenvalue weighted by Gasteiger charge is 2.29. The molecule has 1 aliphatic heterocycles. The average Bonchev–Trinajstić information content (AvgIpc) is 2.67. The minimum atomic E-state index is -0.651. The second-order valence-electron chi connectivity index (χ2n) is 6.18. The van der Waals surface area contributed by atoms with Crippen LogP contribution in [-0.2, 0) is 0 Å². The molecule has 8 nitrogen and oxygen atoms in total. The molecule has 0 amide bonds. The van der Waals surface area contributed by atoms with Gasteiger partial charge >= 0.3 is 0 Å². The van der Waals surface area contributed by atoms with Gasteiger partial charge in [-0.25, -0.2) is 0 Å². The van der Waals surface area contributed by atoms with Crippen molar-refractivity contribution in [2.45, 2.75) is 12.8 Å². The van der Waals surface area contributed by atoms with Crippen LogP contribution in [0.25, 0.3) is 0 Å². The number of Topliss-reactive ketones (excluding diaryl/α,β-unsaturated/α-hetero) is 1. The first-order valence-corrected chi connectivity index (χ1v) is 8.24. The fraction of sp³-hybridized carbons (Fsp3) is 0.278. The topological polar surface area (TPSA) is 107 Å². The summed E-state index contributed by atoms with van der Waals surface area (Å²) in [6, 6.07) is 12.7. The molecule has 3 rings (SSSR count). The number of hydrogen-bond donors (Lipinski definition) is 0. The smallest absolute Gasteiger partial charge is 0.299 e. The third kappa shape index (κ3) is 3.53. The van der Waals surface area contributed by atoms with E-state index in [0.29, 0.717) is 37.2 Å². The quantitative estimate of drug-likeness (QED) is 0.461. The second kappa shape index (κ2) is 7.30. The third-order valence-corrected chi connectivity index (χ3v) is 4.63. The van der Waals surface area contributed by atoms with Crippen LogP contribution in [0, 0.1) is 26.1 Å². The zero-order valence-corrected chi connectivity index (χ0v) is 13.9. The summed E-state index contributed by atoms with van der Waals surface area (Å²) in [5, 5.41) is 22.1. The first kappa shape index (κ1) is 17.5. The molecule has 0 bridgehead atoms. The molecule has 1 heterocycles. The average molecular weight is 355 g/mol. The highest BCUT2D eigenvalue weighted by Crippen LogP contribution is 2.34. The van der Waals surface area contributed by atoms with Crippen molar-refractivity contribution in [2.75, 3.05) is 18.0 Å². The Hall–Kier alpha value is -3.29. The molecule has 26 heavy (non-hydrogen) atoms. The van der Waals surface area contributed by atoms with Gasteiger partial charge in [-0.05, 0) is 18.9 Å². The molecular formula is C18H17N3O5. The Kier molecular flexibility index (Phi) is 4.92. The van der Waals surface area contributed by atoms with E-state index in [2.05, 4.69) is 0 Å². The number of hydrogen-bond acceptors (Lipinski definition) is 6. The van der Waals surface area contributed by atoms with Crippen LogP contribution in [0.4, 0.5) is 17.1 Å². The highest BCUT2D eigenvalue weighted by molar-refractivity contribution is 5.98. The van der Waals surface area contributed by atoms with Gasteiger partial charge in [-0.1, -0.05) is 30.3 Å². The zero-order chi connectivity index (χ0) is 18.7. The Morgan fingerprint density at radius 1 is 0.962 bits per heavy atom. The molecule has 8 heteroatoms. The van der Waals surface area contributed by atoms with Crippen LogP contribution < -0.4 is 4.90 Å². The predicted octanol–water partition coefficient (Wildman–Crippen LogP) is 3.60. The first-order valence-electron chi connectivity index (χ1n) is 8.24. The Bertz CT molecular complexity index is 845. The number of nitro benzene ring substituents is 2. The molecule has 0 aliphatic carbocycles. The van der Waals surface area contributed by atoms with Crippen LogP contribution in [0.3, 0.4) is 0 Å². The number of rotatable bonds is 5. The van der Waals surface area contributed by atoms with Gasteiger partial charge in [-0.3, -0.25) is 25.0 Å². The molecule has 2 aromatic carbocycles. The molecule has 0 radical (unpaired) electrons. The van der Waals surface area contributed by atoms with Gasteiger partial charge in [0.05, 0.1) is 15.9 Å². The molecule has 0 unspecified atom stereocenters. The molecule has 134 valence electrons. The SMILES string of the molecule is O=C(c1ccccc1)C1CCN(c2ccc([N+](=O)[O-])cc2[N+](=O)[O-])CC1. The number of nitrogens with zero attached hydrogens (tertiary/aromatic N) is 3. The van der Waals surface area contributed by atoms with Crippen LogP contribution >= 0.6 is 0 Å². The van der Waals surface area contributed by atoms with Gasteiger partial charge in [0.2, 0.25) is 0 Å². The summed E-state index contributed by atoms with van der Waals surface area (Å²) in [6.45, 7) is 0.976. The normalized spacial score (nSPS) is 14.8. The lowest BCUT2D eigenvalue weighted by atomic mass is 9.88. The molecular weight excluding hydrogens is 338 g/mol. The van der Waals surface area contributed by atoms with Crippen molar-refractivity contribution < 1.29 is 14.6 Å². The standard InChI is InChI=1S/C18H17N3O5/c22-18(13-4-2-1-3-5-13)14-8-10-19(11-9-14)16-7-6-15(20(23)24)12-17(16)21(25)26/h1-7,12,14H,8-11H2. The maximum absolute atomic E-state index is 12.5. The van der Waals surface area contributed by atoms with E-state index in [1.54, 1.807) is 12.1 Å². The van der Waals surface area contributed by atoms with Crippen molar-refractivity contribution in [2.24, 2.45) is 5.92 Å². The number of benzene rings is 2. The van der Waals surface area contributed by atoms with Crippen molar-refractivity contribution in [1.82, 2.24) is 0 Å². The van der Waals surface area contributed by atoms with E-state index in [1.807, 2.05) is 23.1 Å². The molecule has 0 saturated carbocycles. The number of nitro groups is 2. The maximum Gasteiger partial charge on any atom is 0.299 e. The largest absolute Gasteiger partial charge is 0.366 e. The predicted molar refractivity (Wildman–Crippen MR) is 95.5 cm³/mol. The van der Waals surface area contributed by atoms with Crippen molar-refractivity contribution in [3.63, 3.8) is 0 Å². The number of carbonyl (C=O) groups excluding carboxylic acids is 1. The van der Waals surface area contributed by atoms with E-state index in [4.69, 9.17) is 0 Å². The lowest BCUT2D eigenvalue weighted by molar-refractivity contribution is -0.393. The minimum absolute atomic E-state index is 0.0865. The van der Waals surface area contributed by atoms with Crippen LogP contribution in [0.1, 0.15) is 23.2 Å². The van der Waals surface area contributed by atoms with Gasteiger partial charge in [0, 0.05) is 30.6 Å².